The van der Waals surface area contributed by atoms with E-state index in [-0.39, 0.29) is 5.92 Å². The van der Waals surface area contributed by atoms with Gasteiger partial charge in [0.2, 0.25) is 0 Å². The second kappa shape index (κ2) is 9.64. The molecule has 0 amide bonds. The molecule has 3 nitrogen and oxygen atoms in total. The van der Waals surface area contributed by atoms with E-state index in [1.54, 1.807) is 0 Å². The Morgan fingerprint density at radius 3 is 2.31 bits per heavy atom. The molecular weight excluding hydrogens is 198 g/mol. The largest absolute Gasteiger partial charge is 0.387 e. The summed E-state index contributed by atoms with van der Waals surface area (Å²) in [5.41, 5.74) is 5.49. The van der Waals surface area contributed by atoms with Gasteiger partial charge in [-0.15, -0.1) is 0 Å². The average Bonchev–Trinajstić information content (AvgIpc) is 2.26. The van der Waals surface area contributed by atoms with E-state index in [0.29, 0.717) is 5.84 Å². The van der Waals surface area contributed by atoms with Gasteiger partial charge in [-0.1, -0.05) is 46.5 Å². The zero-order chi connectivity index (χ0) is 12.4. The van der Waals surface area contributed by atoms with Gasteiger partial charge in [-0.3, -0.25) is 5.41 Å². The van der Waals surface area contributed by atoms with Gasteiger partial charge in [0.25, 0.3) is 0 Å². The fourth-order valence-electron chi connectivity index (χ4n) is 1.80. The van der Waals surface area contributed by atoms with Crippen molar-refractivity contribution in [3.63, 3.8) is 0 Å². The maximum Gasteiger partial charge on any atom is 0.0947 e. The molecule has 96 valence electrons. The first-order valence-corrected chi connectivity index (χ1v) is 6.68. The number of unbranched alkanes of at least 4 members (excludes halogenated alkanes) is 4. The summed E-state index contributed by atoms with van der Waals surface area (Å²) in [5.74, 6) is 0.500. The van der Waals surface area contributed by atoms with Crippen LogP contribution < -0.4 is 5.73 Å². The van der Waals surface area contributed by atoms with E-state index in [2.05, 4.69) is 18.7 Å². The molecular formula is C13H29N3. The molecule has 16 heavy (non-hydrogen) atoms. The Kier molecular flexibility index (Phi) is 9.30. The van der Waals surface area contributed by atoms with E-state index in [9.17, 15) is 0 Å². The lowest BCUT2D eigenvalue weighted by Crippen LogP contribution is -2.35. The van der Waals surface area contributed by atoms with E-state index >= 15 is 0 Å². The third kappa shape index (κ3) is 7.69. The van der Waals surface area contributed by atoms with E-state index < -0.39 is 0 Å². The summed E-state index contributed by atoms with van der Waals surface area (Å²) in [5, 5.41) is 7.39. The van der Waals surface area contributed by atoms with Crippen molar-refractivity contribution in [1.82, 2.24) is 4.90 Å². The minimum atomic E-state index is 0.190. The van der Waals surface area contributed by atoms with Crippen LogP contribution in [0.2, 0.25) is 0 Å². The second-order valence-electron chi connectivity index (χ2n) is 4.66. The monoisotopic (exact) mass is 227 g/mol. The summed E-state index contributed by atoms with van der Waals surface area (Å²) >= 11 is 0. The van der Waals surface area contributed by atoms with Gasteiger partial charge in [-0.2, -0.15) is 0 Å². The first-order valence-electron chi connectivity index (χ1n) is 6.68. The molecule has 0 fully saturated rings. The maximum absolute atomic E-state index is 7.39. The van der Waals surface area contributed by atoms with Crippen LogP contribution in [0.3, 0.4) is 0 Å². The predicted molar refractivity (Wildman–Crippen MR) is 72.0 cm³/mol. The van der Waals surface area contributed by atoms with Gasteiger partial charge in [0.15, 0.2) is 0 Å². The van der Waals surface area contributed by atoms with Gasteiger partial charge >= 0.3 is 0 Å². The number of nitrogens with two attached hydrogens (primary N) is 1. The van der Waals surface area contributed by atoms with Gasteiger partial charge in [0.05, 0.1) is 5.84 Å². The molecule has 0 aliphatic heterocycles. The molecule has 0 aromatic heterocycles. The fraction of sp³-hybridized carbons (Fsp3) is 0.923. The van der Waals surface area contributed by atoms with Crippen molar-refractivity contribution in [2.75, 3.05) is 19.6 Å². The summed E-state index contributed by atoms with van der Waals surface area (Å²) in [6, 6.07) is 0. The molecule has 1 atom stereocenters. The lowest BCUT2D eigenvalue weighted by molar-refractivity contribution is 0.264. The Labute approximate surface area is 101 Å². The van der Waals surface area contributed by atoms with Crippen molar-refractivity contribution >= 4 is 5.84 Å². The van der Waals surface area contributed by atoms with Crippen molar-refractivity contribution in [3.8, 4) is 0 Å². The Bertz CT molecular complexity index is 180. The average molecular weight is 227 g/mol. The van der Waals surface area contributed by atoms with Crippen LogP contribution in [-0.2, 0) is 0 Å². The molecule has 0 aliphatic carbocycles. The number of amidine groups is 1. The Morgan fingerprint density at radius 1 is 1.19 bits per heavy atom. The summed E-state index contributed by atoms with van der Waals surface area (Å²) in [7, 11) is 0. The normalized spacial score (nSPS) is 13.0. The van der Waals surface area contributed by atoms with Crippen LogP contribution >= 0.6 is 0 Å². The molecule has 0 rings (SSSR count). The fourth-order valence-corrected chi connectivity index (χ4v) is 1.80. The van der Waals surface area contributed by atoms with Gasteiger partial charge in [-0.25, -0.2) is 0 Å². The molecule has 3 heteroatoms. The van der Waals surface area contributed by atoms with Crippen LogP contribution in [0.4, 0.5) is 0 Å². The molecule has 0 heterocycles. The van der Waals surface area contributed by atoms with E-state index in [1.165, 1.54) is 32.1 Å². The summed E-state index contributed by atoms with van der Waals surface area (Å²) in [6.45, 7) is 9.59. The van der Waals surface area contributed by atoms with Crippen LogP contribution in [0.15, 0.2) is 0 Å². The molecule has 1 unspecified atom stereocenters. The molecule has 0 saturated heterocycles. The molecule has 0 aliphatic rings. The quantitative estimate of drug-likeness (QED) is 0.342. The van der Waals surface area contributed by atoms with Crippen molar-refractivity contribution in [2.24, 2.45) is 11.7 Å². The van der Waals surface area contributed by atoms with Crippen LogP contribution in [0.1, 0.15) is 52.9 Å². The van der Waals surface area contributed by atoms with Crippen molar-refractivity contribution in [2.45, 2.75) is 52.9 Å². The number of nitrogens with one attached hydrogen (secondary N) is 1. The summed E-state index contributed by atoms with van der Waals surface area (Å²) in [6.07, 6.45) is 6.63. The number of rotatable bonds is 10. The lowest BCUT2D eigenvalue weighted by atomic mass is 10.1. The van der Waals surface area contributed by atoms with Crippen molar-refractivity contribution in [3.05, 3.63) is 0 Å². The highest BCUT2D eigenvalue weighted by atomic mass is 15.1. The molecule has 0 aromatic rings. The number of hydrogen-bond donors (Lipinski definition) is 2. The minimum absolute atomic E-state index is 0.190. The van der Waals surface area contributed by atoms with E-state index in [1.807, 2.05) is 6.92 Å². The smallest absolute Gasteiger partial charge is 0.0947 e. The van der Waals surface area contributed by atoms with Crippen LogP contribution in [-0.4, -0.2) is 30.4 Å². The van der Waals surface area contributed by atoms with E-state index in [4.69, 9.17) is 11.1 Å². The highest BCUT2D eigenvalue weighted by Crippen LogP contribution is 2.05. The van der Waals surface area contributed by atoms with Crippen molar-refractivity contribution in [1.29, 1.82) is 5.41 Å². The van der Waals surface area contributed by atoms with Gasteiger partial charge < -0.3 is 10.6 Å². The zero-order valence-corrected chi connectivity index (χ0v) is 11.3. The second-order valence-corrected chi connectivity index (χ2v) is 4.66. The SMILES string of the molecule is CCCCCCCN(CC)CC(C)C(=N)N. The van der Waals surface area contributed by atoms with Gasteiger partial charge in [-0.05, 0) is 19.5 Å². The van der Waals surface area contributed by atoms with Crippen molar-refractivity contribution < 1.29 is 0 Å². The third-order valence-electron chi connectivity index (χ3n) is 3.09. The summed E-state index contributed by atoms with van der Waals surface area (Å²) in [4.78, 5) is 2.40. The topological polar surface area (TPSA) is 53.1 Å². The molecule has 0 bridgehead atoms. The highest BCUT2D eigenvalue weighted by Gasteiger charge is 2.10. The highest BCUT2D eigenvalue weighted by molar-refractivity contribution is 5.79. The van der Waals surface area contributed by atoms with Gasteiger partial charge in [0, 0.05) is 12.5 Å². The number of nitrogens with zero attached hydrogens (tertiary/aromatic N) is 1. The third-order valence-corrected chi connectivity index (χ3v) is 3.09. The Hall–Kier alpha value is -0.570. The molecule has 0 saturated carbocycles. The molecule has 3 N–H and O–H groups in total. The van der Waals surface area contributed by atoms with Crippen LogP contribution in [0.5, 0.6) is 0 Å². The maximum atomic E-state index is 7.39. The summed E-state index contributed by atoms with van der Waals surface area (Å²) < 4.78 is 0. The lowest BCUT2D eigenvalue weighted by Gasteiger charge is -2.23. The van der Waals surface area contributed by atoms with E-state index in [0.717, 1.165) is 19.6 Å². The minimum Gasteiger partial charge on any atom is -0.387 e. The predicted octanol–water partition coefficient (Wildman–Crippen LogP) is 2.85. The van der Waals surface area contributed by atoms with Crippen LogP contribution in [0, 0.1) is 11.3 Å². The number of hydrogen-bond acceptors (Lipinski definition) is 2. The Morgan fingerprint density at radius 2 is 1.81 bits per heavy atom. The van der Waals surface area contributed by atoms with Crippen LogP contribution in [0.25, 0.3) is 0 Å². The molecule has 0 aromatic carbocycles. The first kappa shape index (κ1) is 15.4. The standard InChI is InChI=1S/C13H29N3/c1-4-6-7-8-9-10-16(5-2)11-12(3)13(14)15/h12H,4-11H2,1-3H3,(H3,14,15). The van der Waals surface area contributed by atoms with Gasteiger partial charge in [0.1, 0.15) is 0 Å². The molecule has 0 radical (unpaired) electrons. The zero-order valence-electron chi connectivity index (χ0n) is 11.3. The molecule has 0 spiro atoms. The Balaban J connectivity index is 3.62. The first-order chi connectivity index (χ1) is 7.61.